The molecule has 0 fully saturated rings. The Labute approximate surface area is 160 Å². The molecule has 25 heavy (non-hydrogen) atoms. The van der Waals surface area contributed by atoms with Crippen molar-refractivity contribution in [3.05, 3.63) is 52.3 Å². The van der Waals surface area contributed by atoms with Crippen molar-refractivity contribution in [3.8, 4) is 5.69 Å². The van der Waals surface area contributed by atoms with Crippen LogP contribution < -0.4 is 0 Å². The second-order valence-corrected chi connectivity index (χ2v) is 8.90. The molecule has 0 N–H and O–H groups in total. The van der Waals surface area contributed by atoms with E-state index in [0.29, 0.717) is 5.75 Å². The lowest BCUT2D eigenvalue weighted by Gasteiger charge is -2.11. The summed E-state index contributed by atoms with van der Waals surface area (Å²) in [5, 5.41) is 8.97. The van der Waals surface area contributed by atoms with E-state index in [9.17, 15) is 4.79 Å². The minimum absolute atomic E-state index is 0.123. The molecule has 2 aromatic heterocycles. The topological polar surface area (TPSA) is 47.8 Å². The fourth-order valence-electron chi connectivity index (χ4n) is 2.73. The van der Waals surface area contributed by atoms with Gasteiger partial charge < -0.3 is 4.57 Å². The molecule has 0 spiro atoms. The Morgan fingerprint density at radius 3 is 2.68 bits per heavy atom. The van der Waals surface area contributed by atoms with E-state index in [0.717, 1.165) is 32.0 Å². The molecular weight excluding hydrogens is 370 g/mol. The fraction of sp³-hybridized carbons (Fsp3) is 0.278. The minimum Gasteiger partial charge on any atom is -0.318 e. The minimum atomic E-state index is 0.123. The highest BCUT2D eigenvalue weighted by atomic mass is 32.2. The summed E-state index contributed by atoms with van der Waals surface area (Å²) in [5.74, 6) is 0.502. The van der Waals surface area contributed by atoms with Crippen molar-refractivity contribution in [3.63, 3.8) is 0 Å². The lowest BCUT2D eigenvalue weighted by molar-refractivity contribution is 0.102. The van der Waals surface area contributed by atoms with Crippen LogP contribution in [-0.2, 0) is 0 Å². The average molecular weight is 390 g/mol. The third kappa shape index (κ3) is 3.99. The van der Waals surface area contributed by atoms with E-state index in [-0.39, 0.29) is 5.78 Å². The molecule has 2 heterocycles. The van der Waals surface area contributed by atoms with Crippen LogP contribution in [0.3, 0.4) is 0 Å². The molecule has 0 bridgehead atoms. The van der Waals surface area contributed by atoms with Gasteiger partial charge in [-0.05, 0) is 51.3 Å². The first-order valence-electron chi connectivity index (χ1n) is 7.79. The molecule has 0 aliphatic rings. The van der Waals surface area contributed by atoms with E-state index < -0.39 is 0 Å². The zero-order valence-electron chi connectivity index (χ0n) is 14.6. The number of benzene rings is 1. The summed E-state index contributed by atoms with van der Waals surface area (Å²) < 4.78 is 2.99. The number of carbonyl (C=O) groups excluding carboxylic acids is 1. The van der Waals surface area contributed by atoms with Crippen molar-refractivity contribution in [1.29, 1.82) is 0 Å². The second-order valence-electron chi connectivity index (χ2n) is 5.62. The van der Waals surface area contributed by atoms with Gasteiger partial charge in [0.15, 0.2) is 10.1 Å². The molecule has 0 saturated heterocycles. The molecule has 130 valence electrons. The maximum absolute atomic E-state index is 12.7. The van der Waals surface area contributed by atoms with E-state index in [1.165, 1.54) is 28.0 Å². The van der Waals surface area contributed by atoms with Gasteiger partial charge in [0.25, 0.3) is 0 Å². The van der Waals surface area contributed by atoms with Gasteiger partial charge in [0.2, 0.25) is 0 Å². The molecule has 0 amide bonds. The molecule has 3 aromatic rings. The molecular formula is C18H19N3OS3. The van der Waals surface area contributed by atoms with E-state index in [2.05, 4.69) is 45.3 Å². The van der Waals surface area contributed by atoms with E-state index in [1.54, 1.807) is 11.8 Å². The normalized spacial score (nSPS) is 11.0. The van der Waals surface area contributed by atoms with E-state index in [4.69, 9.17) is 0 Å². The predicted octanol–water partition coefficient (Wildman–Crippen LogP) is 4.95. The number of aryl methyl sites for hydroxylation is 2. The number of nitrogens with zero attached hydrogens (tertiary/aromatic N) is 3. The van der Waals surface area contributed by atoms with Gasteiger partial charge in [0.1, 0.15) is 5.01 Å². The Morgan fingerprint density at radius 1 is 1.20 bits per heavy atom. The summed E-state index contributed by atoms with van der Waals surface area (Å²) in [5.41, 5.74) is 3.92. The largest absolute Gasteiger partial charge is 0.318 e. The maximum atomic E-state index is 12.7. The summed E-state index contributed by atoms with van der Waals surface area (Å²) in [7, 11) is 0. The van der Waals surface area contributed by atoms with Crippen molar-refractivity contribution in [1.82, 2.24) is 14.8 Å². The predicted molar refractivity (Wildman–Crippen MR) is 107 cm³/mol. The zero-order chi connectivity index (χ0) is 18.0. The molecule has 0 atom stereocenters. The highest BCUT2D eigenvalue weighted by Crippen LogP contribution is 2.27. The molecule has 4 nitrogen and oxygen atoms in total. The Kier molecular flexibility index (Phi) is 5.66. The van der Waals surface area contributed by atoms with Crippen molar-refractivity contribution in [2.75, 3.05) is 12.0 Å². The van der Waals surface area contributed by atoms with E-state index >= 15 is 0 Å². The molecule has 0 radical (unpaired) electrons. The van der Waals surface area contributed by atoms with Crippen LogP contribution >= 0.6 is 34.9 Å². The first kappa shape index (κ1) is 18.2. The smallest absolute Gasteiger partial charge is 0.174 e. The van der Waals surface area contributed by atoms with Gasteiger partial charge in [-0.2, -0.15) is 0 Å². The number of hydrogen-bond donors (Lipinski definition) is 0. The number of rotatable bonds is 6. The Hall–Kier alpha value is -1.57. The summed E-state index contributed by atoms with van der Waals surface area (Å²) in [6.45, 7) is 5.96. The number of ketones is 1. The van der Waals surface area contributed by atoms with Crippen LogP contribution in [0.1, 0.15) is 26.8 Å². The number of thioether (sulfide) groups is 2. The Bertz CT molecular complexity index is 914. The lowest BCUT2D eigenvalue weighted by Crippen LogP contribution is -2.05. The molecule has 0 unspecified atom stereocenters. The SMILES string of the molecule is CSc1cccc(-n2c(C)cc(C(=O)CSc3nnc(C)s3)c2C)c1. The molecule has 1 aromatic carbocycles. The van der Waals surface area contributed by atoms with Crippen LogP contribution in [0.5, 0.6) is 0 Å². The number of aromatic nitrogens is 3. The van der Waals surface area contributed by atoms with Crippen LogP contribution in [-0.4, -0.2) is 32.6 Å². The van der Waals surface area contributed by atoms with Gasteiger partial charge in [-0.3, -0.25) is 4.79 Å². The number of hydrogen-bond acceptors (Lipinski definition) is 6. The lowest BCUT2D eigenvalue weighted by atomic mass is 10.2. The summed E-state index contributed by atoms with van der Waals surface area (Å²) in [4.78, 5) is 13.9. The highest BCUT2D eigenvalue weighted by Gasteiger charge is 2.17. The van der Waals surface area contributed by atoms with E-state index in [1.807, 2.05) is 26.8 Å². The molecule has 0 saturated carbocycles. The van der Waals surface area contributed by atoms with Crippen LogP contribution in [0.15, 0.2) is 39.6 Å². The molecule has 3 rings (SSSR count). The Morgan fingerprint density at radius 2 is 2.00 bits per heavy atom. The van der Waals surface area contributed by atoms with Gasteiger partial charge >= 0.3 is 0 Å². The highest BCUT2D eigenvalue weighted by molar-refractivity contribution is 8.01. The fourth-order valence-corrected chi connectivity index (χ4v) is 4.89. The monoisotopic (exact) mass is 389 g/mol. The van der Waals surface area contributed by atoms with Crippen molar-refractivity contribution >= 4 is 40.6 Å². The average Bonchev–Trinajstić information content (AvgIpc) is 3.15. The maximum Gasteiger partial charge on any atom is 0.174 e. The summed E-state index contributed by atoms with van der Waals surface area (Å²) in [6.07, 6.45) is 2.07. The van der Waals surface area contributed by atoms with Gasteiger partial charge in [0.05, 0.1) is 5.75 Å². The van der Waals surface area contributed by atoms with Gasteiger partial charge in [-0.25, -0.2) is 0 Å². The number of carbonyl (C=O) groups is 1. The Balaban J connectivity index is 1.84. The van der Waals surface area contributed by atoms with Gasteiger partial charge in [0, 0.05) is 27.5 Å². The third-order valence-corrected chi connectivity index (χ3v) is 6.57. The second kappa shape index (κ2) is 7.76. The zero-order valence-corrected chi connectivity index (χ0v) is 17.0. The summed E-state index contributed by atoms with van der Waals surface area (Å²) in [6, 6.07) is 10.4. The molecule has 0 aliphatic heterocycles. The molecule has 0 aliphatic carbocycles. The van der Waals surface area contributed by atoms with Crippen LogP contribution in [0.4, 0.5) is 0 Å². The van der Waals surface area contributed by atoms with Crippen molar-refractivity contribution < 1.29 is 4.79 Å². The molecule has 7 heteroatoms. The first-order chi connectivity index (χ1) is 12.0. The van der Waals surface area contributed by atoms with Gasteiger partial charge in [-0.1, -0.05) is 29.2 Å². The van der Waals surface area contributed by atoms with Crippen LogP contribution in [0.2, 0.25) is 0 Å². The first-order valence-corrected chi connectivity index (χ1v) is 10.8. The third-order valence-electron chi connectivity index (χ3n) is 3.88. The number of Topliss-reactive ketones (excluding diaryl/α,β-unsaturated/α-hetero) is 1. The van der Waals surface area contributed by atoms with Crippen LogP contribution in [0, 0.1) is 20.8 Å². The van der Waals surface area contributed by atoms with Gasteiger partial charge in [-0.15, -0.1) is 22.0 Å². The summed E-state index contributed by atoms with van der Waals surface area (Å²) >= 11 is 4.69. The quantitative estimate of drug-likeness (QED) is 0.441. The van der Waals surface area contributed by atoms with Crippen LogP contribution in [0.25, 0.3) is 5.69 Å². The van der Waals surface area contributed by atoms with Crippen molar-refractivity contribution in [2.45, 2.75) is 30.0 Å². The van der Waals surface area contributed by atoms with Crippen molar-refractivity contribution in [2.24, 2.45) is 0 Å². The standard InChI is InChI=1S/C18H19N3OS3/c1-11-8-16(17(22)10-24-18-20-19-13(3)25-18)12(2)21(11)14-6-5-7-15(9-14)23-4/h5-9H,10H2,1-4H3.